The molecule has 2 aliphatic heterocycles. The minimum atomic E-state index is -1.19. The van der Waals surface area contributed by atoms with Gasteiger partial charge >= 0.3 is 18.2 Å². The van der Waals surface area contributed by atoms with Gasteiger partial charge in [0.2, 0.25) is 0 Å². The van der Waals surface area contributed by atoms with Gasteiger partial charge < -0.3 is 39.0 Å². The Kier molecular flexibility index (Phi) is 7.05. The van der Waals surface area contributed by atoms with Crippen molar-refractivity contribution in [3.63, 3.8) is 0 Å². The first kappa shape index (κ1) is 29.2. The van der Waals surface area contributed by atoms with Crippen LogP contribution in [0, 0.1) is 0 Å². The molecule has 1 amide bonds. The molecule has 224 valence electrons. The number of amides is 1. The van der Waals surface area contributed by atoms with Gasteiger partial charge in [-0.05, 0) is 85.7 Å². The maximum absolute atomic E-state index is 12.9. The van der Waals surface area contributed by atoms with Crippen molar-refractivity contribution in [2.24, 2.45) is 0 Å². The lowest BCUT2D eigenvalue weighted by Gasteiger charge is -2.61. The van der Waals surface area contributed by atoms with Crippen LogP contribution in [0.5, 0.6) is 11.5 Å². The number of aliphatic hydroxyl groups is 1. The van der Waals surface area contributed by atoms with Crippen molar-refractivity contribution < 1.29 is 43.2 Å². The predicted octanol–water partition coefficient (Wildman–Crippen LogP) is 3.74. The first-order valence-electron chi connectivity index (χ1n) is 14.1. The van der Waals surface area contributed by atoms with Crippen molar-refractivity contribution >= 4 is 18.2 Å². The van der Waals surface area contributed by atoms with Crippen molar-refractivity contribution in [1.29, 1.82) is 0 Å². The lowest BCUT2D eigenvalue weighted by atomic mass is 9.50. The fourth-order valence-electron chi connectivity index (χ4n) is 6.63. The Balaban J connectivity index is 1.42. The molecule has 1 aromatic rings. The highest BCUT2D eigenvalue weighted by Gasteiger charge is 2.72. The number of ether oxygens (including phenoxy) is 5. The third-order valence-corrected chi connectivity index (χ3v) is 8.15. The summed E-state index contributed by atoms with van der Waals surface area (Å²) in [5.41, 5.74) is -1.71. The molecule has 4 aliphatic rings. The van der Waals surface area contributed by atoms with Crippen molar-refractivity contribution in [2.45, 2.75) is 102 Å². The Hall–Kier alpha value is -3.31. The normalized spacial score (nSPS) is 28.0. The molecule has 2 heterocycles. The molecule has 0 aromatic heterocycles. The summed E-state index contributed by atoms with van der Waals surface area (Å²) in [6.45, 7) is 11.2. The summed E-state index contributed by atoms with van der Waals surface area (Å²) < 4.78 is 28.5. The van der Waals surface area contributed by atoms with E-state index < -0.39 is 46.5 Å². The first-order valence-corrected chi connectivity index (χ1v) is 14.1. The van der Waals surface area contributed by atoms with Gasteiger partial charge in [-0.25, -0.2) is 9.59 Å². The van der Waals surface area contributed by atoms with Crippen LogP contribution in [0.3, 0.4) is 0 Å². The van der Waals surface area contributed by atoms with E-state index in [1.165, 1.54) is 0 Å². The van der Waals surface area contributed by atoms with E-state index >= 15 is 0 Å². The van der Waals surface area contributed by atoms with Gasteiger partial charge in [-0.3, -0.25) is 4.79 Å². The van der Waals surface area contributed by atoms with E-state index in [0.717, 1.165) is 11.1 Å². The molecular weight excluding hydrogens is 532 g/mol. The molecule has 11 heteroatoms. The van der Waals surface area contributed by atoms with Crippen LogP contribution in [0.2, 0.25) is 0 Å². The van der Waals surface area contributed by atoms with Gasteiger partial charge in [0.05, 0.1) is 17.4 Å². The van der Waals surface area contributed by atoms with Gasteiger partial charge in [-0.2, -0.15) is 0 Å². The summed E-state index contributed by atoms with van der Waals surface area (Å²) in [6.07, 6.45) is 0.748. The van der Waals surface area contributed by atoms with Crippen molar-refractivity contribution in [3.05, 3.63) is 35.1 Å². The monoisotopic (exact) mass is 572 g/mol. The summed E-state index contributed by atoms with van der Waals surface area (Å²) in [6, 6.07) is 3.42. The molecule has 5 rings (SSSR count). The Morgan fingerprint density at radius 2 is 1.80 bits per heavy atom. The Morgan fingerprint density at radius 1 is 1.10 bits per heavy atom. The molecule has 0 saturated carbocycles. The summed E-state index contributed by atoms with van der Waals surface area (Å²) in [5, 5.41) is 14.9. The summed E-state index contributed by atoms with van der Waals surface area (Å²) in [5.74, 6) is 0.288. The topological polar surface area (TPSA) is 133 Å². The molecule has 11 nitrogen and oxygen atoms in total. The Labute approximate surface area is 240 Å². The summed E-state index contributed by atoms with van der Waals surface area (Å²) in [7, 11) is 2.00. The molecule has 2 N–H and O–H groups in total. The van der Waals surface area contributed by atoms with Crippen molar-refractivity contribution in [3.8, 4) is 11.5 Å². The standard InChI is InChI=1S/C30H40N2O9/c1-27(2,3)40-25(34)31-14-11-21(33)37-19-10-12-30(36)20-16-17-8-9-18(38-26(35)41-28(4,5)6)23-22(17)29(30,24(19)39-23)13-15-32(20)7/h8-10,20,24,36H,11-16H2,1-7H3,(H,31,34)/t20-,24+,29+,30-/m1/s1. The fourth-order valence-corrected chi connectivity index (χ4v) is 6.63. The Morgan fingerprint density at radius 3 is 2.49 bits per heavy atom. The molecule has 1 fully saturated rings. The van der Waals surface area contributed by atoms with Crippen LogP contribution in [0.4, 0.5) is 9.59 Å². The second-order valence-corrected chi connectivity index (χ2v) is 13.3. The number of nitrogens with zero attached hydrogens (tertiary/aromatic N) is 1. The first-order chi connectivity index (χ1) is 19.0. The number of piperidine rings is 1. The maximum Gasteiger partial charge on any atom is 0.514 e. The lowest BCUT2D eigenvalue weighted by Crippen LogP contribution is -2.74. The van der Waals surface area contributed by atoms with E-state index in [-0.39, 0.29) is 31.2 Å². The highest BCUT2D eigenvalue weighted by molar-refractivity contribution is 5.74. The number of carbonyl (C=O) groups excluding carboxylic acids is 3. The molecular formula is C30H40N2O9. The van der Waals surface area contributed by atoms with Crippen molar-refractivity contribution in [2.75, 3.05) is 20.1 Å². The molecule has 0 radical (unpaired) electrons. The van der Waals surface area contributed by atoms with Crippen LogP contribution < -0.4 is 14.8 Å². The van der Waals surface area contributed by atoms with Gasteiger partial charge in [0.15, 0.2) is 17.6 Å². The van der Waals surface area contributed by atoms with E-state index in [1.54, 1.807) is 53.7 Å². The van der Waals surface area contributed by atoms with Gasteiger partial charge in [-0.15, -0.1) is 0 Å². The summed E-state index contributed by atoms with van der Waals surface area (Å²) in [4.78, 5) is 39.6. The Bertz CT molecular complexity index is 1290. The third kappa shape index (κ3) is 5.14. The second-order valence-electron chi connectivity index (χ2n) is 13.3. The summed E-state index contributed by atoms with van der Waals surface area (Å²) >= 11 is 0. The molecule has 2 aliphatic carbocycles. The number of benzene rings is 1. The van der Waals surface area contributed by atoms with Crippen LogP contribution >= 0.6 is 0 Å². The van der Waals surface area contributed by atoms with Crippen LogP contribution in [-0.2, 0) is 30.8 Å². The van der Waals surface area contributed by atoms with E-state index in [1.807, 2.05) is 13.1 Å². The van der Waals surface area contributed by atoms with E-state index in [4.69, 9.17) is 23.7 Å². The predicted molar refractivity (Wildman–Crippen MR) is 147 cm³/mol. The number of likely N-dealkylation sites (N-methyl/N-ethyl adjacent to an activating group) is 1. The average molecular weight is 573 g/mol. The number of nitrogens with one attached hydrogen (secondary N) is 1. The fraction of sp³-hybridized carbons (Fsp3) is 0.633. The molecule has 4 atom stereocenters. The lowest BCUT2D eigenvalue weighted by molar-refractivity contribution is -0.169. The number of alkyl carbamates (subject to hydrolysis) is 1. The van der Waals surface area contributed by atoms with Gasteiger partial charge in [0.25, 0.3) is 0 Å². The average Bonchev–Trinajstić information content (AvgIpc) is 3.18. The number of hydrogen-bond donors (Lipinski definition) is 2. The van der Waals surface area contributed by atoms with Crippen molar-refractivity contribution in [1.82, 2.24) is 10.2 Å². The van der Waals surface area contributed by atoms with Gasteiger partial charge in [0.1, 0.15) is 17.0 Å². The number of hydrogen-bond acceptors (Lipinski definition) is 10. The molecule has 1 spiro atoms. The zero-order chi connectivity index (χ0) is 30.0. The minimum Gasteiger partial charge on any atom is -0.477 e. The number of carbonyl (C=O) groups is 3. The largest absolute Gasteiger partial charge is 0.514 e. The van der Waals surface area contributed by atoms with Gasteiger partial charge in [0, 0.05) is 24.6 Å². The molecule has 1 saturated heterocycles. The molecule has 2 bridgehead atoms. The zero-order valence-corrected chi connectivity index (χ0v) is 24.8. The molecule has 41 heavy (non-hydrogen) atoms. The number of esters is 1. The highest BCUT2D eigenvalue weighted by Crippen LogP contribution is 2.65. The van der Waals surface area contributed by atoms with Crippen LogP contribution in [0.15, 0.2) is 24.0 Å². The second kappa shape index (κ2) is 9.90. The maximum atomic E-state index is 12.9. The molecule has 0 unspecified atom stereocenters. The SMILES string of the molecule is CN1CC[C@]23c4c5ccc(OC(=O)OC(C)(C)C)c4O[C@H]2C(OC(=O)CCNC(=O)OC(C)(C)C)=CC[C@@]3(O)[C@H]1C5. The van der Waals surface area contributed by atoms with Gasteiger partial charge in [-0.1, -0.05) is 6.07 Å². The van der Waals surface area contributed by atoms with E-state index in [0.29, 0.717) is 30.9 Å². The third-order valence-electron chi connectivity index (χ3n) is 8.15. The molecule has 1 aromatic carbocycles. The van der Waals surface area contributed by atoms with E-state index in [9.17, 15) is 19.5 Å². The van der Waals surface area contributed by atoms with Crippen LogP contribution in [0.25, 0.3) is 0 Å². The van der Waals surface area contributed by atoms with Crippen LogP contribution in [0.1, 0.15) is 71.9 Å². The zero-order valence-electron chi connectivity index (χ0n) is 24.8. The smallest absolute Gasteiger partial charge is 0.477 e. The minimum absolute atomic E-state index is 0.0345. The van der Waals surface area contributed by atoms with E-state index in [2.05, 4.69) is 10.2 Å². The van der Waals surface area contributed by atoms with Crippen LogP contribution in [-0.4, -0.2) is 77.3 Å². The highest BCUT2D eigenvalue weighted by atomic mass is 16.7. The number of likely N-dealkylation sites (tertiary alicyclic amines) is 1. The number of rotatable bonds is 5. The quantitative estimate of drug-likeness (QED) is 0.305.